The van der Waals surface area contributed by atoms with Crippen LogP contribution in [0.2, 0.25) is 0 Å². The Hall–Kier alpha value is -3.52. The number of amides is 1. The Balaban J connectivity index is 1.22. The summed E-state index contributed by atoms with van der Waals surface area (Å²) in [6.45, 7) is 2.18. The molecule has 158 valence electrons. The zero-order valence-electron chi connectivity index (χ0n) is 17.4. The van der Waals surface area contributed by atoms with Crippen LogP contribution in [-0.2, 0) is 23.1 Å². The van der Waals surface area contributed by atoms with Crippen LogP contribution in [-0.4, -0.2) is 55.0 Å². The topological polar surface area (TPSA) is 78.1 Å². The number of hydrogen-bond acceptors (Lipinski definition) is 5. The molecule has 1 aromatic carbocycles. The number of aromatic nitrogens is 5. The van der Waals surface area contributed by atoms with Gasteiger partial charge in [0.05, 0.1) is 43.3 Å². The third kappa shape index (κ3) is 4.06. The van der Waals surface area contributed by atoms with Gasteiger partial charge in [-0.05, 0) is 12.1 Å². The Morgan fingerprint density at radius 2 is 2.00 bits per heavy atom. The molecule has 0 bridgehead atoms. The molecule has 0 unspecified atom stereocenters. The van der Waals surface area contributed by atoms with Crippen LogP contribution < -0.4 is 0 Å². The van der Waals surface area contributed by atoms with Gasteiger partial charge in [-0.3, -0.25) is 19.1 Å². The van der Waals surface area contributed by atoms with Gasteiger partial charge < -0.3 is 9.64 Å². The molecule has 8 nitrogen and oxygen atoms in total. The lowest BCUT2D eigenvalue weighted by molar-refractivity contribution is -0.139. The fourth-order valence-electron chi connectivity index (χ4n) is 3.96. The number of aryl methyl sites for hydroxylation is 2. The predicted molar refractivity (Wildman–Crippen MR) is 116 cm³/mol. The molecule has 1 saturated heterocycles. The molecule has 0 spiro atoms. The van der Waals surface area contributed by atoms with Crippen molar-refractivity contribution in [3.63, 3.8) is 0 Å². The molecule has 5 rings (SSSR count). The van der Waals surface area contributed by atoms with Gasteiger partial charge >= 0.3 is 0 Å². The van der Waals surface area contributed by atoms with Crippen molar-refractivity contribution < 1.29 is 9.53 Å². The summed E-state index contributed by atoms with van der Waals surface area (Å²) in [7, 11) is 1.89. The van der Waals surface area contributed by atoms with Crippen LogP contribution in [0.15, 0.2) is 61.2 Å². The van der Waals surface area contributed by atoms with Crippen molar-refractivity contribution in [3.8, 4) is 11.1 Å². The normalized spacial score (nSPS) is 16.7. The van der Waals surface area contributed by atoms with Crippen LogP contribution in [0.4, 0.5) is 0 Å². The molecule has 4 heterocycles. The van der Waals surface area contributed by atoms with Crippen LogP contribution in [0.5, 0.6) is 0 Å². The van der Waals surface area contributed by atoms with Crippen molar-refractivity contribution in [3.05, 3.63) is 66.9 Å². The molecular weight excluding hydrogens is 392 g/mol. The lowest BCUT2D eigenvalue weighted by Crippen LogP contribution is -2.42. The third-order valence-corrected chi connectivity index (χ3v) is 5.66. The molecule has 0 radical (unpaired) electrons. The molecular formula is C23H24N6O2. The van der Waals surface area contributed by atoms with Crippen molar-refractivity contribution in [2.45, 2.75) is 19.1 Å². The average molecular weight is 416 g/mol. The quantitative estimate of drug-likeness (QED) is 0.500. The maximum absolute atomic E-state index is 12.8. The number of carbonyl (C=O) groups is 1. The van der Waals surface area contributed by atoms with Crippen LogP contribution >= 0.6 is 0 Å². The summed E-state index contributed by atoms with van der Waals surface area (Å²) < 4.78 is 9.57. The van der Waals surface area contributed by atoms with Crippen molar-refractivity contribution in [1.82, 2.24) is 29.4 Å². The van der Waals surface area contributed by atoms with E-state index in [-0.39, 0.29) is 12.0 Å². The number of para-hydroxylation sites is 1. The van der Waals surface area contributed by atoms with Crippen molar-refractivity contribution in [1.29, 1.82) is 0 Å². The highest BCUT2D eigenvalue weighted by Gasteiger charge is 2.26. The zero-order valence-corrected chi connectivity index (χ0v) is 17.4. The molecule has 0 saturated carbocycles. The second-order valence-electron chi connectivity index (χ2n) is 7.75. The van der Waals surface area contributed by atoms with E-state index in [0.29, 0.717) is 32.7 Å². The highest BCUT2D eigenvalue weighted by Crippen LogP contribution is 2.24. The first-order valence-electron chi connectivity index (χ1n) is 10.4. The lowest BCUT2D eigenvalue weighted by atomic mass is 10.1. The summed E-state index contributed by atoms with van der Waals surface area (Å²) >= 11 is 0. The molecule has 31 heavy (non-hydrogen) atoms. The summed E-state index contributed by atoms with van der Waals surface area (Å²) in [4.78, 5) is 19.3. The van der Waals surface area contributed by atoms with Gasteiger partial charge in [0.15, 0.2) is 0 Å². The Kier molecular flexibility index (Phi) is 5.21. The maximum Gasteiger partial charge on any atom is 0.224 e. The number of nitrogens with zero attached hydrogens (tertiary/aromatic N) is 6. The minimum atomic E-state index is -0.216. The minimum absolute atomic E-state index is 0.111. The Morgan fingerprint density at radius 3 is 2.81 bits per heavy atom. The molecule has 0 aliphatic carbocycles. The zero-order chi connectivity index (χ0) is 21.2. The molecule has 1 amide bonds. The maximum atomic E-state index is 12.8. The Labute approximate surface area is 180 Å². The average Bonchev–Trinajstić information content (AvgIpc) is 3.44. The van der Waals surface area contributed by atoms with Crippen LogP contribution in [0.1, 0.15) is 18.2 Å². The van der Waals surface area contributed by atoms with E-state index < -0.39 is 0 Å². The van der Waals surface area contributed by atoms with Crippen molar-refractivity contribution in [2.75, 3.05) is 19.7 Å². The number of pyridine rings is 1. The number of morpholine rings is 1. The Bertz CT molecular complexity index is 1200. The van der Waals surface area contributed by atoms with E-state index in [1.165, 1.54) is 0 Å². The first-order chi connectivity index (χ1) is 15.2. The summed E-state index contributed by atoms with van der Waals surface area (Å²) in [5.74, 6) is 0.111. The van der Waals surface area contributed by atoms with E-state index in [1.54, 1.807) is 4.68 Å². The fraction of sp³-hybridized carbons (Fsp3) is 0.304. The summed E-state index contributed by atoms with van der Waals surface area (Å²) in [5, 5.41) is 9.70. The Morgan fingerprint density at radius 1 is 1.10 bits per heavy atom. The van der Waals surface area contributed by atoms with E-state index >= 15 is 0 Å². The molecule has 1 aliphatic rings. The van der Waals surface area contributed by atoms with Gasteiger partial charge in [0.2, 0.25) is 5.91 Å². The van der Waals surface area contributed by atoms with Gasteiger partial charge in [-0.1, -0.05) is 24.3 Å². The van der Waals surface area contributed by atoms with Gasteiger partial charge in [-0.25, -0.2) is 0 Å². The van der Waals surface area contributed by atoms with Crippen LogP contribution in [0, 0.1) is 0 Å². The minimum Gasteiger partial charge on any atom is -0.368 e. The third-order valence-electron chi connectivity index (χ3n) is 5.66. The molecule has 1 fully saturated rings. The first kappa shape index (κ1) is 19.4. The smallest absolute Gasteiger partial charge is 0.224 e. The number of fused-ring (bicyclic) bond motifs is 1. The number of hydrogen-bond donors (Lipinski definition) is 0. The van der Waals surface area contributed by atoms with Crippen LogP contribution in [0.3, 0.4) is 0 Å². The standard InChI is InChI=1S/C23H24N6O2/c1-27-15-19(14-25-27)17-6-7-20(24-12-17)22-16-28(10-11-31-22)23(30)8-9-29-21-5-3-2-4-18(21)13-26-29/h2-7,12-15,22H,8-11,16H2,1H3/t22-/m0/s1. The van der Waals surface area contributed by atoms with E-state index in [4.69, 9.17) is 4.74 Å². The van der Waals surface area contributed by atoms with Gasteiger partial charge in [0.1, 0.15) is 6.10 Å². The molecule has 0 N–H and O–H groups in total. The lowest BCUT2D eigenvalue weighted by Gasteiger charge is -2.32. The predicted octanol–water partition coefficient (Wildman–Crippen LogP) is 2.82. The SMILES string of the molecule is Cn1cc(-c2ccc([C@@H]3CN(C(=O)CCn4ncc5ccccc54)CCO3)nc2)cn1. The number of rotatable bonds is 5. The summed E-state index contributed by atoms with van der Waals surface area (Å²) in [6, 6.07) is 12.0. The largest absolute Gasteiger partial charge is 0.368 e. The van der Waals surface area contributed by atoms with E-state index in [1.807, 2.05) is 77.8 Å². The number of carbonyl (C=O) groups excluding carboxylic acids is 1. The van der Waals surface area contributed by atoms with E-state index in [0.717, 1.165) is 27.7 Å². The van der Waals surface area contributed by atoms with Gasteiger partial charge in [0, 0.05) is 48.9 Å². The summed E-state index contributed by atoms with van der Waals surface area (Å²) in [6.07, 6.45) is 7.64. The van der Waals surface area contributed by atoms with Gasteiger partial charge in [-0.2, -0.15) is 10.2 Å². The highest BCUT2D eigenvalue weighted by atomic mass is 16.5. The van der Waals surface area contributed by atoms with Gasteiger partial charge in [0.25, 0.3) is 0 Å². The molecule has 1 atom stereocenters. The number of ether oxygens (including phenoxy) is 1. The van der Waals surface area contributed by atoms with Crippen molar-refractivity contribution >= 4 is 16.8 Å². The van der Waals surface area contributed by atoms with Crippen LogP contribution in [0.25, 0.3) is 22.0 Å². The van der Waals surface area contributed by atoms with Crippen molar-refractivity contribution in [2.24, 2.45) is 7.05 Å². The molecule has 8 heteroatoms. The second-order valence-corrected chi connectivity index (χ2v) is 7.75. The first-order valence-corrected chi connectivity index (χ1v) is 10.4. The fourth-order valence-corrected chi connectivity index (χ4v) is 3.96. The molecule has 1 aliphatic heterocycles. The van der Waals surface area contributed by atoms with E-state index in [2.05, 4.69) is 15.2 Å². The monoisotopic (exact) mass is 416 g/mol. The van der Waals surface area contributed by atoms with E-state index in [9.17, 15) is 4.79 Å². The molecule has 3 aromatic heterocycles. The molecule has 4 aromatic rings. The number of benzene rings is 1. The summed E-state index contributed by atoms with van der Waals surface area (Å²) in [5.41, 5.74) is 3.91. The second kappa shape index (κ2) is 8.31. The highest BCUT2D eigenvalue weighted by molar-refractivity contribution is 5.79. The van der Waals surface area contributed by atoms with Gasteiger partial charge in [-0.15, -0.1) is 0 Å².